The second-order valence-corrected chi connectivity index (χ2v) is 4.08. The van der Waals surface area contributed by atoms with Gasteiger partial charge in [-0.1, -0.05) is 0 Å². The van der Waals surface area contributed by atoms with Gasteiger partial charge < -0.3 is 10.8 Å². The van der Waals surface area contributed by atoms with E-state index in [4.69, 9.17) is 5.73 Å². The summed E-state index contributed by atoms with van der Waals surface area (Å²) in [5.74, 6) is 0. The van der Waals surface area contributed by atoms with Crippen LogP contribution < -0.4 is 5.73 Å². The van der Waals surface area contributed by atoms with Crippen LogP contribution in [0, 0.1) is 13.8 Å². The Kier molecular flexibility index (Phi) is 2.65. The largest absolute Gasteiger partial charge is 0.387 e. The molecule has 0 radical (unpaired) electrons. The molecule has 0 bridgehead atoms. The summed E-state index contributed by atoms with van der Waals surface area (Å²) in [6.45, 7) is 4.34. The minimum atomic E-state index is -0.486. The van der Waals surface area contributed by atoms with Crippen molar-refractivity contribution in [1.82, 2.24) is 0 Å². The highest BCUT2D eigenvalue weighted by molar-refractivity contribution is 7.12. The highest BCUT2D eigenvalue weighted by Crippen LogP contribution is 2.25. The summed E-state index contributed by atoms with van der Waals surface area (Å²) in [5.41, 5.74) is 6.32. The molecule has 1 heterocycles. The molecule has 3 heteroatoms. The van der Waals surface area contributed by atoms with E-state index in [0.717, 1.165) is 5.56 Å². The van der Waals surface area contributed by atoms with E-state index >= 15 is 0 Å². The number of nitrogens with two attached hydrogens (primary N) is 1. The predicted molar refractivity (Wildman–Crippen MR) is 47.8 cm³/mol. The molecule has 1 aromatic heterocycles. The zero-order valence-corrected chi connectivity index (χ0v) is 7.61. The molecule has 62 valence electrons. The van der Waals surface area contributed by atoms with Gasteiger partial charge in [0, 0.05) is 16.3 Å². The zero-order chi connectivity index (χ0) is 8.43. The number of rotatable bonds is 2. The fourth-order valence-corrected chi connectivity index (χ4v) is 2.09. The van der Waals surface area contributed by atoms with E-state index < -0.39 is 6.10 Å². The average molecular weight is 171 g/mol. The van der Waals surface area contributed by atoms with Gasteiger partial charge in [0.05, 0.1) is 6.10 Å². The van der Waals surface area contributed by atoms with Crippen LogP contribution in [0.2, 0.25) is 0 Å². The maximum Gasteiger partial charge on any atom is 0.0922 e. The fraction of sp³-hybridized carbons (Fsp3) is 0.500. The standard InChI is InChI=1S/C8H13NOS/c1-5-3-7(6(2)11-5)8(10)4-9/h3,8,10H,4,9H2,1-2H3/t8-/m1/s1. The van der Waals surface area contributed by atoms with Crippen molar-refractivity contribution in [2.75, 3.05) is 6.54 Å². The van der Waals surface area contributed by atoms with Crippen molar-refractivity contribution in [2.45, 2.75) is 20.0 Å². The Bertz CT molecular complexity index is 244. The first-order valence-corrected chi connectivity index (χ1v) is 4.42. The lowest BCUT2D eigenvalue weighted by Gasteiger charge is -2.05. The van der Waals surface area contributed by atoms with Gasteiger partial charge in [0.1, 0.15) is 0 Å². The first-order chi connectivity index (χ1) is 5.15. The molecule has 0 aromatic carbocycles. The molecule has 0 aliphatic heterocycles. The summed E-state index contributed by atoms with van der Waals surface area (Å²) in [4.78, 5) is 2.39. The van der Waals surface area contributed by atoms with E-state index in [0.29, 0.717) is 6.54 Å². The molecular formula is C8H13NOS. The molecule has 0 saturated heterocycles. The quantitative estimate of drug-likeness (QED) is 0.705. The van der Waals surface area contributed by atoms with Crippen LogP contribution in [0.25, 0.3) is 0 Å². The summed E-state index contributed by atoms with van der Waals surface area (Å²) in [7, 11) is 0. The molecular weight excluding hydrogens is 158 g/mol. The predicted octanol–water partition coefficient (Wildman–Crippen LogP) is 1.36. The lowest BCUT2D eigenvalue weighted by Crippen LogP contribution is -2.11. The maximum absolute atomic E-state index is 9.41. The van der Waals surface area contributed by atoms with Gasteiger partial charge in [0.15, 0.2) is 0 Å². The molecule has 0 amide bonds. The van der Waals surface area contributed by atoms with Crippen LogP contribution in [0.4, 0.5) is 0 Å². The number of aryl methyl sites for hydroxylation is 2. The third-order valence-electron chi connectivity index (χ3n) is 1.66. The van der Waals surface area contributed by atoms with Crippen molar-refractivity contribution in [1.29, 1.82) is 0 Å². The smallest absolute Gasteiger partial charge is 0.0922 e. The van der Waals surface area contributed by atoms with Crippen LogP contribution in [0.5, 0.6) is 0 Å². The first-order valence-electron chi connectivity index (χ1n) is 3.60. The third-order valence-corrected chi connectivity index (χ3v) is 2.64. The van der Waals surface area contributed by atoms with Crippen LogP contribution in [-0.4, -0.2) is 11.7 Å². The van der Waals surface area contributed by atoms with Crippen molar-refractivity contribution >= 4 is 11.3 Å². The summed E-state index contributed by atoms with van der Waals surface area (Å²) >= 11 is 1.70. The summed E-state index contributed by atoms with van der Waals surface area (Å²) in [6, 6.07) is 2.00. The zero-order valence-electron chi connectivity index (χ0n) is 6.79. The number of thiophene rings is 1. The van der Waals surface area contributed by atoms with Crippen LogP contribution in [0.15, 0.2) is 6.07 Å². The van der Waals surface area contributed by atoms with Gasteiger partial charge in [-0.3, -0.25) is 0 Å². The number of aliphatic hydroxyl groups excluding tert-OH is 1. The Labute approximate surface area is 70.7 Å². The second-order valence-electron chi connectivity index (χ2n) is 2.62. The topological polar surface area (TPSA) is 46.2 Å². The second kappa shape index (κ2) is 3.34. The average Bonchev–Trinajstić information content (AvgIpc) is 2.28. The lowest BCUT2D eigenvalue weighted by atomic mass is 10.1. The Hall–Kier alpha value is -0.380. The van der Waals surface area contributed by atoms with E-state index in [9.17, 15) is 5.11 Å². The van der Waals surface area contributed by atoms with Gasteiger partial charge in [-0.2, -0.15) is 0 Å². The monoisotopic (exact) mass is 171 g/mol. The number of aliphatic hydroxyl groups is 1. The number of hydrogen-bond donors (Lipinski definition) is 2. The molecule has 0 fully saturated rings. The van der Waals surface area contributed by atoms with Crippen molar-refractivity contribution in [3.05, 3.63) is 21.4 Å². The van der Waals surface area contributed by atoms with Crippen molar-refractivity contribution in [3.8, 4) is 0 Å². The van der Waals surface area contributed by atoms with Gasteiger partial charge in [-0.05, 0) is 25.5 Å². The SMILES string of the molecule is Cc1cc([C@H](O)CN)c(C)s1. The molecule has 11 heavy (non-hydrogen) atoms. The molecule has 0 aliphatic carbocycles. The Balaban J connectivity index is 2.93. The van der Waals surface area contributed by atoms with Crippen LogP contribution in [-0.2, 0) is 0 Å². The molecule has 2 nitrogen and oxygen atoms in total. The van der Waals surface area contributed by atoms with Crippen molar-refractivity contribution < 1.29 is 5.11 Å². The molecule has 1 atom stereocenters. The molecule has 0 unspecified atom stereocenters. The highest BCUT2D eigenvalue weighted by atomic mass is 32.1. The third kappa shape index (κ3) is 1.80. The Morgan fingerprint density at radius 3 is 2.64 bits per heavy atom. The normalized spacial score (nSPS) is 13.5. The minimum absolute atomic E-state index is 0.303. The lowest BCUT2D eigenvalue weighted by molar-refractivity contribution is 0.186. The van der Waals surface area contributed by atoms with E-state index in [-0.39, 0.29) is 0 Å². The van der Waals surface area contributed by atoms with E-state index in [1.165, 1.54) is 9.75 Å². The molecule has 0 saturated carbocycles. The van der Waals surface area contributed by atoms with Crippen molar-refractivity contribution in [2.24, 2.45) is 5.73 Å². The van der Waals surface area contributed by atoms with Gasteiger partial charge in [0.25, 0.3) is 0 Å². The molecule has 3 N–H and O–H groups in total. The molecule has 0 aliphatic rings. The maximum atomic E-state index is 9.41. The number of hydrogen-bond acceptors (Lipinski definition) is 3. The van der Waals surface area contributed by atoms with Crippen LogP contribution in [0.1, 0.15) is 21.4 Å². The molecule has 0 spiro atoms. The van der Waals surface area contributed by atoms with Gasteiger partial charge in [-0.15, -0.1) is 11.3 Å². The summed E-state index contributed by atoms with van der Waals surface area (Å²) < 4.78 is 0. The first kappa shape index (κ1) is 8.71. The van der Waals surface area contributed by atoms with E-state index in [1.807, 2.05) is 19.9 Å². The van der Waals surface area contributed by atoms with E-state index in [1.54, 1.807) is 11.3 Å². The Morgan fingerprint density at radius 1 is 1.64 bits per heavy atom. The minimum Gasteiger partial charge on any atom is -0.387 e. The van der Waals surface area contributed by atoms with E-state index in [2.05, 4.69) is 0 Å². The van der Waals surface area contributed by atoms with Gasteiger partial charge in [-0.25, -0.2) is 0 Å². The van der Waals surface area contributed by atoms with Crippen molar-refractivity contribution in [3.63, 3.8) is 0 Å². The summed E-state index contributed by atoms with van der Waals surface area (Å²) in [5, 5.41) is 9.41. The highest BCUT2D eigenvalue weighted by Gasteiger charge is 2.10. The van der Waals surface area contributed by atoms with Gasteiger partial charge in [0.2, 0.25) is 0 Å². The summed E-state index contributed by atoms with van der Waals surface area (Å²) in [6.07, 6.45) is -0.486. The van der Waals surface area contributed by atoms with Crippen LogP contribution in [0.3, 0.4) is 0 Å². The Morgan fingerprint density at radius 2 is 2.27 bits per heavy atom. The fourth-order valence-electron chi connectivity index (χ4n) is 1.11. The van der Waals surface area contributed by atoms with Crippen LogP contribution >= 0.6 is 11.3 Å². The van der Waals surface area contributed by atoms with Gasteiger partial charge >= 0.3 is 0 Å². The molecule has 1 rings (SSSR count). The molecule has 1 aromatic rings.